The summed E-state index contributed by atoms with van der Waals surface area (Å²) in [5.74, 6) is 0. The van der Waals surface area contributed by atoms with Gasteiger partial charge in [-0.2, -0.15) is 0 Å². The van der Waals surface area contributed by atoms with Crippen molar-refractivity contribution in [3.8, 4) is 0 Å². The molecule has 0 amide bonds. The fourth-order valence-electron chi connectivity index (χ4n) is 1.25. The van der Waals surface area contributed by atoms with E-state index in [-0.39, 0.29) is 0 Å². The number of ether oxygens (including phenoxy) is 3. The van der Waals surface area contributed by atoms with Crippen LogP contribution >= 0.6 is 0 Å². The molecule has 2 aliphatic rings. The van der Waals surface area contributed by atoms with Gasteiger partial charge in [0.25, 0.3) is 0 Å². The lowest BCUT2D eigenvalue weighted by Gasteiger charge is -2.21. The van der Waals surface area contributed by atoms with Gasteiger partial charge in [0.15, 0.2) is 0 Å². The lowest BCUT2D eigenvalue weighted by molar-refractivity contribution is -0.0533. The molecule has 2 saturated heterocycles. The Bertz CT molecular complexity index is 117. The largest absolute Gasteiger partial charge is 0.379 e. The summed E-state index contributed by atoms with van der Waals surface area (Å²) >= 11 is 0. The summed E-state index contributed by atoms with van der Waals surface area (Å²) in [5, 5.41) is 0. The molecule has 0 saturated carbocycles. The molecular formula is C8H14O3. The van der Waals surface area contributed by atoms with Crippen LogP contribution in [0, 0.1) is 0 Å². The van der Waals surface area contributed by atoms with Gasteiger partial charge in [-0.15, -0.1) is 0 Å². The Morgan fingerprint density at radius 1 is 1.36 bits per heavy atom. The highest BCUT2D eigenvalue weighted by Crippen LogP contribution is 2.14. The normalized spacial score (nSPS) is 37.1. The molecule has 3 heteroatoms. The number of hydrogen-bond acceptors (Lipinski definition) is 3. The highest BCUT2D eigenvalue weighted by molar-refractivity contribution is 4.70. The minimum absolute atomic E-state index is 0.327. The molecule has 2 heterocycles. The van der Waals surface area contributed by atoms with Crippen LogP contribution in [-0.4, -0.2) is 38.6 Å². The van der Waals surface area contributed by atoms with Gasteiger partial charge >= 0.3 is 0 Å². The zero-order valence-corrected chi connectivity index (χ0v) is 6.62. The molecule has 0 N–H and O–H groups in total. The maximum atomic E-state index is 5.56. The lowest BCUT2D eigenvalue weighted by atomic mass is 10.2. The molecule has 2 unspecified atom stereocenters. The molecule has 2 atom stereocenters. The second-order valence-corrected chi connectivity index (χ2v) is 3.13. The van der Waals surface area contributed by atoms with Crippen molar-refractivity contribution in [3.05, 3.63) is 0 Å². The van der Waals surface area contributed by atoms with Crippen LogP contribution < -0.4 is 0 Å². The fraction of sp³-hybridized carbons (Fsp3) is 1.00. The molecule has 3 nitrogen and oxygen atoms in total. The van der Waals surface area contributed by atoms with E-state index >= 15 is 0 Å². The Balaban J connectivity index is 1.59. The van der Waals surface area contributed by atoms with Crippen molar-refractivity contribution < 1.29 is 14.2 Å². The summed E-state index contributed by atoms with van der Waals surface area (Å²) in [6.45, 7) is 3.31. The van der Waals surface area contributed by atoms with Crippen molar-refractivity contribution in [2.45, 2.75) is 25.0 Å². The molecule has 0 radical (unpaired) electrons. The van der Waals surface area contributed by atoms with E-state index in [4.69, 9.17) is 14.2 Å². The van der Waals surface area contributed by atoms with Gasteiger partial charge in [0, 0.05) is 6.61 Å². The molecule has 64 valence electrons. The van der Waals surface area contributed by atoms with Crippen LogP contribution in [0.5, 0.6) is 0 Å². The van der Waals surface area contributed by atoms with Crippen LogP contribution in [0.3, 0.4) is 0 Å². The Labute approximate surface area is 66.6 Å². The highest BCUT2D eigenvalue weighted by atomic mass is 16.6. The maximum absolute atomic E-state index is 5.56. The zero-order chi connectivity index (χ0) is 7.52. The number of hydrogen-bond donors (Lipinski definition) is 0. The molecule has 2 fully saturated rings. The van der Waals surface area contributed by atoms with E-state index in [9.17, 15) is 0 Å². The van der Waals surface area contributed by atoms with Crippen LogP contribution in [0.15, 0.2) is 0 Å². The lowest BCUT2D eigenvalue weighted by Crippen LogP contribution is -2.26. The highest BCUT2D eigenvalue weighted by Gasteiger charge is 2.24. The Morgan fingerprint density at radius 2 is 2.27 bits per heavy atom. The second-order valence-electron chi connectivity index (χ2n) is 3.13. The molecule has 2 rings (SSSR count). The summed E-state index contributed by atoms with van der Waals surface area (Å²) in [6, 6.07) is 0. The third-order valence-electron chi connectivity index (χ3n) is 2.04. The quantitative estimate of drug-likeness (QED) is 0.563. The number of rotatable bonds is 3. The molecule has 0 aromatic heterocycles. The molecule has 0 aliphatic carbocycles. The van der Waals surface area contributed by atoms with E-state index in [0.717, 1.165) is 39.3 Å². The third kappa shape index (κ3) is 2.43. The Kier molecular flexibility index (Phi) is 2.41. The van der Waals surface area contributed by atoms with Crippen molar-refractivity contribution in [1.29, 1.82) is 0 Å². The average Bonchev–Trinajstić information content (AvgIpc) is 2.86. The standard InChI is InChI=1S/C8H14O3/c1-2-7(4-9-3-1)10-5-8-6-11-8/h7-8H,1-6H2. The molecule has 0 aromatic rings. The third-order valence-corrected chi connectivity index (χ3v) is 2.04. The summed E-state index contributed by atoms with van der Waals surface area (Å²) in [7, 11) is 0. The van der Waals surface area contributed by atoms with Crippen molar-refractivity contribution in [3.63, 3.8) is 0 Å². The fourth-order valence-corrected chi connectivity index (χ4v) is 1.25. The van der Waals surface area contributed by atoms with Gasteiger partial charge in [-0.3, -0.25) is 0 Å². The second kappa shape index (κ2) is 3.52. The van der Waals surface area contributed by atoms with Crippen molar-refractivity contribution in [2.75, 3.05) is 26.4 Å². The molecule has 2 aliphatic heterocycles. The molecule has 0 spiro atoms. The first-order valence-corrected chi connectivity index (χ1v) is 4.26. The van der Waals surface area contributed by atoms with E-state index in [0.29, 0.717) is 12.2 Å². The van der Waals surface area contributed by atoms with Crippen LogP contribution in [0.2, 0.25) is 0 Å². The van der Waals surface area contributed by atoms with Gasteiger partial charge in [0.1, 0.15) is 6.10 Å². The molecule has 0 aromatic carbocycles. The van der Waals surface area contributed by atoms with Crippen molar-refractivity contribution in [2.24, 2.45) is 0 Å². The first-order valence-electron chi connectivity index (χ1n) is 4.26. The van der Waals surface area contributed by atoms with Gasteiger partial charge in [0.2, 0.25) is 0 Å². The van der Waals surface area contributed by atoms with Crippen LogP contribution in [0.1, 0.15) is 12.8 Å². The van der Waals surface area contributed by atoms with E-state index in [1.807, 2.05) is 0 Å². The van der Waals surface area contributed by atoms with Crippen molar-refractivity contribution >= 4 is 0 Å². The van der Waals surface area contributed by atoms with E-state index in [1.165, 1.54) is 0 Å². The van der Waals surface area contributed by atoms with E-state index in [2.05, 4.69) is 0 Å². The minimum Gasteiger partial charge on any atom is -0.379 e. The van der Waals surface area contributed by atoms with Gasteiger partial charge in [-0.05, 0) is 12.8 Å². The van der Waals surface area contributed by atoms with Crippen LogP contribution in [0.4, 0.5) is 0 Å². The smallest absolute Gasteiger partial charge is 0.104 e. The van der Waals surface area contributed by atoms with E-state index < -0.39 is 0 Å². The topological polar surface area (TPSA) is 31.0 Å². The minimum atomic E-state index is 0.327. The average molecular weight is 158 g/mol. The summed E-state index contributed by atoms with van der Waals surface area (Å²) in [4.78, 5) is 0. The first kappa shape index (κ1) is 7.53. The summed E-state index contributed by atoms with van der Waals surface area (Å²) < 4.78 is 15.9. The number of epoxide rings is 1. The molecule has 0 bridgehead atoms. The Morgan fingerprint density at radius 3 is 2.91 bits per heavy atom. The van der Waals surface area contributed by atoms with Gasteiger partial charge in [-0.1, -0.05) is 0 Å². The van der Waals surface area contributed by atoms with Crippen LogP contribution in [0.25, 0.3) is 0 Å². The maximum Gasteiger partial charge on any atom is 0.104 e. The summed E-state index contributed by atoms with van der Waals surface area (Å²) in [5.41, 5.74) is 0. The van der Waals surface area contributed by atoms with Gasteiger partial charge < -0.3 is 14.2 Å². The van der Waals surface area contributed by atoms with Gasteiger partial charge in [-0.25, -0.2) is 0 Å². The predicted octanol–water partition coefficient (Wildman–Crippen LogP) is 0.581. The van der Waals surface area contributed by atoms with Crippen LogP contribution in [-0.2, 0) is 14.2 Å². The zero-order valence-electron chi connectivity index (χ0n) is 6.62. The SMILES string of the molecule is C1COCC(OCC2CO2)C1. The monoisotopic (exact) mass is 158 g/mol. The first-order chi connectivity index (χ1) is 5.45. The van der Waals surface area contributed by atoms with E-state index in [1.54, 1.807) is 0 Å². The Hall–Kier alpha value is -0.120. The molecule has 11 heavy (non-hydrogen) atoms. The molecular weight excluding hydrogens is 144 g/mol. The van der Waals surface area contributed by atoms with Gasteiger partial charge in [0.05, 0.1) is 25.9 Å². The predicted molar refractivity (Wildman–Crippen MR) is 39.5 cm³/mol. The summed E-state index contributed by atoms with van der Waals surface area (Å²) in [6.07, 6.45) is 2.99. The van der Waals surface area contributed by atoms with Crippen molar-refractivity contribution in [1.82, 2.24) is 0 Å².